The molecule has 21 heavy (non-hydrogen) atoms. The molecule has 0 aromatic carbocycles. The molecule has 0 aliphatic carbocycles. The van der Waals surface area contributed by atoms with Gasteiger partial charge in [-0.25, -0.2) is 9.67 Å². The van der Waals surface area contributed by atoms with Crippen LogP contribution in [0.3, 0.4) is 0 Å². The van der Waals surface area contributed by atoms with E-state index in [9.17, 15) is 0 Å². The quantitative estimate of drug-likeness (QED) is 0.872. The molecule has 0 spiro atoms. The highest BCUT2D eigenvalue weighted by Crippen LogP contribution is 2.24. The summed E-state index contributed by atoms with van der Waals surface area (Å²) in [4.78, 5) is 6.97. The van der Waals surface area contributed by atoms with Crippen LogP contribution < -0.4 is 5.73 Å². The van der Waals surface area contributed by atoms with E-state index < -0.39 is 0 Å². The first-order valence-corrected chi connectivity index (χ1v) is 8.28. The second-order valence-electron chi connectivity index (χ2n) is 7.26. The van der Waals surface area contributed by atoms with Gasteiger partial charge in [0.2, 0.25) is 0 Å². The summed E-state index contributed by atoms with van der Waals surface area (Å²) in [5, 5.41) is 4.34. The number of nitrogens with zero attached hydrogens (tertiary/aromatic N) is 4. The summed E-state index contributed by atoms with van der Waals surface area (Å²) < 4.78 is 2.01. The number of hydrogen-bond acceptors (Lipinski definition) is 4. The van der Waals surface area contributed by atoms with Gasteiger partial charge in [0.15, 0.2) is 0 Å². The van der Waals surface area contributed by atoms with E-state index in [0.717, 1.165) is 18.8 Å². The van der Waals surface area contributed by atoms with Crippen LogP contribution >= 0.6 is 0 Å². The lowest BCUT2D eigenvalue weighted by Gasteiger charge is -2.44. The molecule has 1 aromatic heterocycles. The molecule has 1 atom stereocenters. The average molecular weight is 293 g/mol. The molecule has 2 rings (SSSR count). The molecule has 1 unspecified atom stereocenters. The Balaban J connectivity index is 2.02. The first-order chi connectivity index (χ1) is 9.91. The molecule has 2 N–H and O–H groups in total. The summed E-state index contributed by atoms with van der Waals surface area (Å²) in [5.41, 5.74) is 6.56. The van der Waals surface area contributed by atoms with E-state index in [1.165, 1.54) is 32.4 Å². The van der Waals surface area contributed by atoms with Gasteiger partial charge >= 0.3 is 0 Å². The van der Waals surface area contributed by atoms with Gasteiger partial charge in [-0.1, -0.05) is 20.3 Å². The number of nitrogens with two attached hydrogens (primary N) is 1. The van der Waals surface area contributed by atoms with Crippen molar-refractivity contribution < 1.29 is 0 Å². The van der Waals surface area contributed by atoms with Gasteiger partial charge in [-0.3, -0.25) is 4.90 Å². The second kappa shape index (κ2) is 6.88. The zero-order valence-electron chi connectivity index (χ0n) is 14.0. The molecule has 1 saturated heterocycles. The smallest absolute Gasteiger partial charge is 0.138 e. The highest BCUT2D eigenvalue weighted by Gasteiger charge is 2.34. The van der Waals surface area contributed by atoms with Gasteiger partial charge in [-0.05, 0) is 45.7 Å². The van der Waals surface area contributed by atoms with Crippen LogP contribution in [0.4, 0.5) is 0 Å². The van der Waals surface area contributed by atoms with Crippen molar-refractivity contribution in [1.29, 1.82) is 0 Å². The Morgan fingerprint density at radius 3 is 2.52 bits per heavy atom. The van der Waals surface area contributed by atoms with E-state index in [4.69, 9.17) is 5.73 Å². The fourth-order valence-electron chi connectivity index (χ4n) is 3.10. The van der Waals surface area contributed by atoms with Crippen LogP contribution in [-0.4, -0.2) is 44.3 Å². The summed E-state index contributed by atoms with van der Waals surface area (Å²) in [6.45, 7) is 12.2. The molecule has 2 heterocycles. The predicted octanol–water partition coefficient (Wildman–Crippen LogP) is 2.07. The molecule has 1 aromatic rings. The van der Waals surface area contributed by atoms with E-state index in [1.807, 2.05) is 4.68 Å². The maximum Gasteiger partial charge on any atom is 0.138 e. The molecule has 120 valence electrons. The highest BCUT2D eigenvalue weighted by molar-refractivity contribution is 4.99. The fraction of sp³-hybridized carbons (Fsp3) is 0.875. The van der Waals surface area contributed by atoms with Crippen molar-refractivity contribution in [2.24, 2.45) is 11.7 Å². The molecule has 5 heteroatoms. The summed E-state index contributed by atoms with van der Waals surface area (Å²) >= 11 is 0. The van der Waals surface area contributed by atoms with E-state index in [1.54, 1.807) is 6.33 Å². The van der Waals surface area contributed by atoms with E-state index >= 15 is 0 Å². The topological polar surface area (TPSA) is 60.0 Å². The number of hydrogen-bond donors (Lipinski definition) is 1. The Kier molecular flexibility index (Phi) is 5.38. The Labute approximate surface area is 128 Å². The lowest BCUT2D eigenvalue weighted by atomic mass is 9.88. The van der Waals surface area contributed by atoms with Crippen molar-refractivity contribution in [3.05, 3.63) is 12.2 Å². The third-order valence-electron chi connectivity index (χ3n) is 4.71. The molecule has 0 amide bonds. The number of likely N-dealkylation sites (tertiary alicyclic amines) is 1. The number of piperidine rings is 1. The van der Waals surface area contributed by atoms with E-state index in [-0.39, 0.29) is 11.6 Å². The highest BCUT2D eigenvalue weighted by atomic mass is 15.3. The van der Waals surface area contributed by atoms with Crippen molar-refractivity contribution in [1.82, 2.24) is 19.7 Å². The van der Waals surface area contributed by atoms with Crippen molar-refractivity contribution in [3.8, 4) is 0 Å². The minimum Gasteiger partial charge on any atom is -0.326 e. The number of aromatic nitrogens is 3. The molecule has 0 saturated carbocycles. The molecule has 1 fully saturated rings. The largest absolute Gasteiger partial charge is 0.326 e. The molecular formula is C16H31N5. The van der Waals surface area contributed by atoms with Gasteiger partial charge in [0, 0.05) is 24.5 Å². The minimum atomic E-state index is 0.00896. The summed E-state index contributed by atoms with van der Waals surface area (Å²) in [6, 6.07) is 0.0747. The third kappa shape index (κ3) is 4.04. The summed E-state index contributed by atoms with van der Waals surface area (Å²) in [6.07, 6.45) is 6.37. The molecule has 0 bridgehead atoms. The first kappa shape index (κ1) is 16.4. The van der Waals surface area contributed by atoms with E-state index in [2.05, 4.69) is 42.7 Å². The van der Waals surface area contributed by atoms with Gasteiger partial charge in [0.05, 0.1) is 0 Å². The normalized spacial score (nSPS) is 19.1. The SMILES string of the molecule is CC(C)Cn1ncnc1CC(N)C(C)(C)N1CCCCC1. The van der Waals surface area contributed by atoms with Gasteiger partial charge in [0.25, 0.3) is 0 Å². The Morgan fingerprint density at radius 1 is 1.24 bits per heavy atom. The van der Waals surface area contributed by atoms with Gasteiger partial charge in [0.1, 0.15) is 12.2 Å². The Bertz CT molecular complexity index is 432. The Morgan fingerprint density at radius 2 is 1.90 bits per heavy atom. The van der Waals surface area contributed by atoms with Gasteiger partial charge in [-0.15, -0.1) is 0 Å². The minimum absolute atomic E-state index is 0.00896. The fourth-order valence-corrected chi connectivity index (χ4v) is 3.10. The molecule has 5 nitrogen and oxygen atoms in total. The van der Waals surface area contributed by atoms with Crippen molar-refractivity contribution in [3.63, 3.8) is 0 Å². The lowest BCUT2D eigenvalue weighted by Crippen LogP contribution is -2.58. The van der Waals surface area contributed by atoms with Crippen LogP contribution in [0.2, 0.25) is 0 Å². The standard InChI is InChI=1S/C16H31N5/c1-13(2)11-21-15(18-12-19-21)10-14(17)16(3,4)20-8-6-5-7-9-20/h12-14H,5-11,17H2,1-4H3. The third-order valence-corrected chi connectivity index (χ3v) is 4.71. The Hall–Kier alpha value is -0.940. The van der Waals surface area contributed by atoms with Gasteiger partial charge < -0.3 is 5.73 Å². The summed E-state index contributed by atoms with van der Waals surface area (Å²) in [7, 11) is 0. The zero-order chi connectivity index (χ0) is 15.5. The van der Waals surface area contributed by atoms with Crippen LogP contribution in [0.1, 0.15) is 52.8 Å². The van der Waals surface area contributed by atoms with Crippen molar-refractivity contribution >= 4 is 0 Å². The second-order valence-corrected chi connectivity index (χ2v) is 7.26. The molecule has 1 aliphatic heterocycles. The maximum atomic E-state index is 6.55. The van der Waals surface area contributed by atoms with Gasteiger partial charge in [-0.2, -0.15) is 5.10 Å². The van der Waals surface area contributed by atoms with Crippen LogP contribution in [-0.2, 0) is 13.0 Å². The number of rotatable bonds is 6. The van der Waals surface area contributed by atoms with Crippen molar-refractivity contribution in [2.45, 2.75) is 71.5 Å². The first-order valence-electron chi connectivity index (χ1n) is 8.28. The molecule has 0 radical (unpaired) electrons. The van der Waals surface area contributed by atoms with Crippen LogP contribution in [0.15, 0.2) is 6.33 Å². The van der Waals surface area contributed by atoms with Crippen LogP contribution in [0, 0.1) is 5.92 Å². The van der Waals surface area contributed by atoms with Crippen LogP contribution in [0.5, 0.6) is 0 Å². The average Bonchev–Trinajstić information content (AvgIpc) is 2.86. The van der Waals surface area contributed by atoms with E-state index in [0.29, 0.717) is 5.92 Å². The molecule has 1 aliphatic rings. The molecular weight excluding hydrogens is 262 g/mol. The maximum absolute atomic E-state index is 6.55. The lowest BCUT2D eigenvalue weighted by molar-refractivity contribution is 0.0722. The van der Waals surface area contributed by atoms with Crippen molar-refractivity contribution in [2.75, 3.05) is 13.1 Å². The zero-order valence-corrected chi connectivity index (χ0v) is 14.0. The summed E-state index contributed by atoms with van der Waals surface area (Å²) in [5.74, 6) is 1.58. The monoisotopic (exact) mass is 293 g/mol. The van der Waals surface area contributed by atoms with Crippen LogP contribution in [0.25, 0.3) is 0 Å². The predicted molar refractivity (Wildman–Crippen MR) is 86.0 cm³/mol.